The number of carbonyl (C=O) groups excluding carboxylic acids is 3. The molecule has 0 bridgehead atoms. The average Bonchev–Trinajstić information content (AvgIpc) is 3.31. The number of nitriles is 1. The zero-order valence-electron chi connectivity index (χ0n) is 16.3. The molecule has 2 amide bonds. The van der Waals surface area contributed by atoms with Crippen molar-refractivity contribution in [3.8, 4) is 6.07 Å². The maximum atomic E-state index is 12.5. The Kier molecular flexibility index (Phi) is 7.46. The van der Waals surface area contributed by atoms with E-state index in [0.717, 1.165) is 25.9 Å². The number of thioether (sulfide) groups is 1. The van der Waals surface area contributed by atoms with Crippen molar-refractivity contribution in [2.75, 3.05) is 30.8 Å². The van der Waals surface area contributed by atoms with Crippen LogP contribution in [0.1, 0.15) is 28.8 Å². The molecule has 154 valence electrons. The highest BCUT2D eigenvalue weighted by Gasteiger charge is 2.20. The lowest BCUT2D eigenvalue weighted by atomic mass is 10.2. The molecule has 0 aliphatic carbocycles. The number of rotatable bonds is 7. The van der Waals surface area contributed by atoms with Crippen LogP contribution in [-0.2, 0) is 14.3 Å². The molecule has 0 saturated carbocycles. The third-order valence-electron chi connectivity index (χ3n) is 4.57. The molecule has 1 fully saturated rings. The molecule has 0 unspecified atom stereocenters. The third-order valence-corrected chi connectivity index (χ3v) is 5.63. The second kappa shape index (κ2) is 10.5. The van der Waals surface area contributed by atoms with Gasteiger partial charge < -0.3 is 15.0 Å². The fraction of sp³-hybridized carbons (Fsp3) is 0.273. The minimum atomic E-state index is -0.643. The van der Waals surface area contributed by atoms with Gasteiger partial charge in [0.25, 0.3) is 5.91 Å². The zero-order valence-corrected chi connectivity index (χ0v) is 17.1. The van der Waals surface area contributed by atoms with Crippen molar-refractivity contribution in [3.05, 3.63) is 59.7 Å². The number of hydrogen-bond donors (Lipinski definition) is 1. The number of nitrogens with one attached hydrogen (secondary N) is 1. The number of benzene rings is 2. The smallest absolute Gasteiger partial charge is 0.339 e. The molecule has 2 aromatic carbocycles. The molecule has 1 aliphatic rings. The highest BCUT2D eigenvalue weighted by molar-refractivity contribution is 8.00. The van der Waals surface area contributed by atoms with Crippen molar-refractivity contribution < 1.29 is 19.1 Å². The fourth-order valence-corrected chi connectivity index (χ4v) is 3.99. The van der Waals surface area contributed by atoms with Crippen LogP contribution in [0.5, 0.6) is 0 Å². The second-order valence-corrected chi connectivity index (χ2v) is 7.67. The van der Waals surface area contributed by atoms with E-state index < -0.39 is 18.5 Å². The Balaban J connectivity index is 1.55. The van der Waals surface area contributed by atoms with E-state index in [1.165, 1.54) is 11.8 Å². The summed E-state index contributed by atoms with van der Waals surface area (Å²) in [4.78, 5) is 39.3. The van der Waals surface area contributed by atoms with Crippen LogP contribution >= 0.6 is 11.8 Å². The van der Waals surface area contributed by atoms with Crippen LogP contribution in [0.2, 0.25) is 0 Å². The average molecular weight is 423 g/mol. The van der Waals surface area contributed by atoms with E-state index in [4.69, 9.17) is 10.00 Å². The molecular formula is C22H21N3O4S. The molecule has 0 radical (unpaired) electrons. The summed E-state index contributed by atoms with van der Waals surface area (Å²) in [7, 11) is 0. The first-order valence-corrected chi connectivity index (χ1v) is 10.5. The Bertz CT molecular complexity index is 980. The molecule has 1 N–H and O–H groups in total. The Morgan fingerprint density at radius 3 is 2.53 bits per heavy atom. The van der Waals surface area contributed by atoms with Crippen molar-refractivity contribution in [1.82, 2.24) is 4.90 Å². The van der Waals surface area contributed by atoms with Gasteiger partial charge in [0.05, 0.1) is 22.6 Å². The van der Waals surface area contributed by atoms with Crippen LogP contribution in [-0.4, -0.2) is 48.1 Å². The van der Waals surface area contributed by atoms with E-state index in [9.17, 15) is 14.4 Å². The molecule has 0 atom stereocenters. The standard InChI is InChI=1S/C22H21N3O4S/c23-13-16-7-1-3-9-18(16)24-20(26)14-29-22(28)17-8-2-4-10-19(17)30-15-21(27)25-11-5-6-12-25/h1-4,7-10H,5-6,11-12,14-15H2,(H,24,26). The van der Waals surface area contributed by atoms with Crippen LogP contribution in [0.3, 0.4) is 0 Å². The first-order chi connectivity index (χ1) is 14.6. The number of likely N-dealkylation sites (tertiary alicyclic amines) is 1. The second-order valence-electron chi connectivity index (χ2n) is 6.65. The van der Waals surface area contributed by atoms with Crippen molar-refractivity contribution in [2.24, 2.45) is 0 Å². The van der Waals surface area contributed by atoms with Gasteiger partial charge in [-0.25, -0.2) is 4.79 Å². The van der Waals surface area contributed by atoms with Gasteiger partial charge in [-0.2, -0.15) is 5.26 Å². The van der Waals surface area contributed by atoms with Gasteiger partial charge in [-0.1, -0.05) is 24.3 Å². The maximum absolute atomic E-state index is 12.5. The van der Waals surface area contributed by atoms with Crippen molar-refractivity contribution in [2.45, 2.75) is 17.7 Å². The molecule has 8 heteroatoms. The Hall–Kier alpha value is -3.31. The normalized spacial score (nSPS) is 12.8. The van der Waals surface area contributed by atoms with Crippen LogP contribution in [0.25, 0.3) is 0 Å². The predicted molar refractivity (Wildman–Crippen MR) is 113 cm³/mol. The van der Waals surface area contributed by atoms with Crippen molar-refractivity contribution in [3.63, 3.8) is 0 Å². The van der Waals surface area contributed by atoms with Gasteiger partial charge in [0, 0.05) is 18.0 Å². The van der Waals surface area contributed by atoms with E-state index in [1.807, 2.05) is 11.0 Å². The monoisotopic (exact) mass is 423 g/mol. The minimum Gasteiger partial charge on any atom is -0.452 e. The Morgan fingerprint density at radius 1 is 1.07 bits per heavy atom. The molecule has 1 heterocycles. The first kappa shape index (κ1) is 21.4. The van der Waals surface area contributed by atoms with Crippen LogP contribution in [0, 0.1) is 11.3 Å². The number of esters is 1. The summed E-state index contributed by atoms with van der Waals surface area (Å²) in [6.07, 6.45) is 2.06. The number of ether oxygens (including phenoxy) is 1. The summed E-state index contributed by atoms with van der Waals surface area (Å²) >= 11 is 1.28. The Morgan fingerprint density at radius 2 is 1.77 bits per heavy atom. The fourth-order valence-electron chi connectivity index (χ4n) is 3.04. The summed E-state index contributed by atoms with van der Waals surface area (Å²) < 4.78 is 5.14. The lowest BCUT2D eigenvalue weighted by Crippen LogP contribution is -2.29. The number of nitrogens with zero attached hydrogens (tertiary/aromatic N) is 2. The largest absolute Gasteiger partial charge is 0.452 e. The summed E-state index contributed by atoms with van der Waals surface area (Å²) in [6.45, 7) is 1.09. The van der Waals surface area contributed by atoms with E-state index in [2.05, 4.69) is 5.32 Å². The zero-order chi connectivity index (χ0) is 21.3. The van der Waals surface area contributed by atoms with E-state index in [1.54, 1.807) is 48.5 Å². The van der Waals surface area contributed by atoms with E-state index >= 15 is 0 Å². The Labute approximate surface area is 179 Å². The van der Waals surface area contributed by atoms with Crippen molar-refractivity contribution >= 4 is 35.2 Å². The predicted octanol–water partition coefficient (Wildman–Crippen LogP) is 3.07. The number of carbonyl (C=O) groups is 3. The molecule has 1 saturated heterocycles. The van der Waals surface area contributed by atoms with Gasteiger partial charge in [-0.05, 0) is 37.1 Å². The minimum absolute atomic E-state index is 0.0520. The van der Waals surface area contributed by atoms with Gasteiger partial charge in [-0.3, -0.25) is 9.59 Å². The molecule has 1 aliphatic heterocycles. The lowest BCUT2D eigenvalue weighted by Gasteiger charge is -2.15. The van der Waals surface area contributed by atoms with E-state index in [0.29, 0.717) is 21.7 Å². The molecular weight excluding hydrogens is 402 g/mol. The summed E-state index contributed by atoms with van der Waals surface area (Å²) in [5.41, 5.74) is 0.987. The lowest BCUT2D eigenvalue weighted by molar-refractivity contribution is -0.127. The maximum Gasteiger partial charge on any atom is 0.339 e. The highest BCUT2D eigenvalue weighted by Crippen LogP contribution is 2.24. The molecule has 7 nitrogen and oxygen atoms in total. The van der Waals surface area contributed by atoms with Gasteiger partial charge in [-0.15, -0.1) is 11.8 Å². The summed E-state index contributed by atoms with van der Waals surface area (Å²) in [5, 5.41) is 11.6. The SMILES string of the molecule is N#Cc1ccccc1NC(=O)COC(=O)c1ccccc1SCC(=O)N1CCCC1. The highest BCUT2D eigenvalue weighted by atomic mass is 32.2. The molecule has 3 rings (SSSR count). The molecule has 2 aromatic rings. The topological polar surface area (TPSA) is 99.5 Å². The van der Waals surface area contributed by atoms with Crippen molar-refractivity contribution in [1.29, 1.82) is 5.26 Å². The summed E-state index contributed by atoms with van der Waals surface area (Å²) in [6, 6.07) is 15.4. The van der Waals surface area contributed by atoms with Gasteiger partial charge in [0.1, 0.15) is 6.07 Å². The van der Waals surface area contributed by atoms with Crippen LogP contribution in [0.4, 0.5) is 5.69 Å². The summed E-state index contributed by atoms with van der Waals surface area (Å²) in [5.74, 6) is -0.887. The van der Waals surface area contributed by atoms with Crippen LogP contribution in [0.15, 0.2) is 53.4 Å². The molecule has 30 heavy (non-hydrogen) atoms. The van der Waals surface area contributed by atoms with Crippen LogP contribution < -0.4 is 5.32 Å². The van der Waals surface area contributed by atoms with E-state index in [-0.39, 0.29) is 11.7 Å². The number of para-hydroxylation sites is 1. The first-order valence-electron chi connectivity index (χ1n) is 9.54. The number of amides is 2. The van der Waals surface area contributed by atoms with Gasteiger partial charge in [0.2, 0.25) is 5.91 Å². The molecule has 0 spiro atoms. The van der Waals surface area contributed by atoms with Gasteiger partial charge >= 0.3 is 5.97 Å². The van der Waals surface area contributed by atoms with Gasteiger partial charge in [0.15, 0.2) is 6.61 Å². The number of anilines is 1. The molecule has 0 aromatic heterocycles. The quantitative estimate of drug-likeness (QED) is 0.543. The third kappa shape index (κ3) is 5.61. The number of hydrogen-bond acceptors (Lipinski definition) is 6.